The molecule has 6 heteroatoms. The maximum Gasteiger partial charge on any atom is 0.261 e. The highest BCUT2D eigenvalue weighted by molar-refractivity contribution is 7.21. The highest BCUT2D eigenvalue weighted by atomic mass is 32.1. The number of benzene rings is 2. The van der Waals surface area contributed by atoms with Gasteiger partial charge in [0, 0.05) is 35.8 Å². The Hall–Kier alpha value is -2.41. The Labute approximate surface area is 181 Å². The molecule has 1 fully saturated rings. The molecular weight excluding hydrogens is 396 g/mol. The Morgan fingerprint density at radius 3 is 2.93 bits per heavy atom. The van der Waals surface area contributed by atoms with Crippen LogP contribution >= 0.6 is 11.3 Å². The van der Waals surface area contributed by atoms with E-state index in [0.717, 1.165) is 46.9 Å². The van der Waals surface area contributed by atoms with E-state index >= 15 is 0 Å². The number of rotatable bonds is 7. The number of fused-ring (bicyclic) bond motifs is 1. The molecule has 0 unspecified atom stereocenters. The van der Waals surface area contributed by atoms with Gasteiger partial charge in [-0.05, 0) is 48.5 Å². The van der Waals surface area contributed by atoms with Gasteiger partial charge in [-0.2, -0.15) is 0 Å². The molecule has 0 aliphatic carbocycles. The number of aliphatic hydroxyl groups is 1. The highest BCUT2D eigenvalue weighted by Gasteiger charge is 2.30. The molecule has 1 aliphatic rings. The van der Waals surface area contributed by atoms with Gasteiger partial charge in [-0.15, -0.1) is 11.3 Å². The minimum atomic E-state index is -0.0843. The summed E-state index contributed by atoms with van der Waals surface area (Å²) in [6.07, 6.45) is 1.02. The zero-order chi connectivity index (χ0) is 21.1. The molecule has 0 spiro atoms. The summed E-state index contributed by atoms with van der Waals surface area (Å²) in [5, 5.41) is 13.1. The predicted octanol–water partition coefficient (Wildman–Crippen LogP) is 3.93. The molecule has 0 radical (unpaired) electrons. The fourth-order valence-corrected chi connectivity index (χ4v) is 5.53. The van der Waals surface area contributed by atoms with Gasteiger partial charge in [0.25, 0.3) is 5.91 Å². The van der Waals surface area contributed by atoms with E-state index in [1.807, 2.05) is 12.1 Å². The van der Waals surface area contributed by atoms with Crippen molar-refractivity contribution in [2.24, 2.45) is 0 Å². The first-order valence-electron chi connectivity index (χ1n) is 10.4. The van der Waals surface area contributed by atoms with Gasteiger partial charge in [-0.3, -0.25) is 9.69 Å². The molecule has 1 saturated heterocycles. The molecule has 158 valence electrons. The van der Waals surface area contributed by atoms with Crippen molar-refractivity contribution in [1.82, 2.24) is 10.2 Å². The third-order valence-electron chi connectivity index (χ3n) is 5.75. The number of hydrogen-bond donors (Lipinski definition) is 2. The maximum atomic E-state index is 12.8. The van der Waals surface area contributed by atoms with Crippen molar-refractivity contribution in [2.75, 3.05) is 33.4 Å². The Morgan fingerprint density at radius 1 is 1.30 bits per heavy atom. The van der Waals surface area contributed by atoms with Crippen LogP contribution in [0, 0.1) is 6.92 Å². The van der Waals surface area contributed by atoms with E-state index in [1.165, 1.54) is 16.5 Å². The molecule has 1 amide bonds. The van der Waals surface area contributed by atoms with Gasteiger partial charge in [0.1, 0.15) is 5.75 Å². The summed E-state index contributed by atoms with van der Waals surface area (Å²) >= 11 is 1.55. The number of carbonyl (C=O) groups is 1. The van der Waals surface area contributed by atoms with Gasteiger partial charge in [0.15, 0.2) is 0 Å². The number of carbonyl (C=O) groups excluding carboxylic acids is 1. The standard InChI is InChI=1S/C24H28N2O3S/c1-16-7-8-17(20(13-16)29-2)14-26-11-9-18(15-26)22-19-5-3-4-6-21(19)30-23(22)24(28)25-10-12-27/h3-8,13,18,27H,9-12,14-15H2,1-2H3,(H,25,28)/t18-/m1/s1. The number of hydrogen-bond acceptors (Lipinski definition) is 5. The van der Waals surface area contributed by atoms with Gasteiger partial charge in [-0.25, -0.2) is 0 Å². The van der Waals surface area contributed by atoms with Gasteiger partial charge in [0.2, 0.25) is 0 Å². The summed E-state index contributed by atoms with van der Waals surface area (Å²) in [7, 11) is 1.72. The summed E-state index contributed by atoms with van der Waals surface area (Å²) in [5.41, 5.74) is 3.54. The van der Waals surface area contributed by atoms with Crippen molar-refractivity contribution in [2.45, 2.75) is 25.8 Å². The molecule has 1 aromatic heterocycles. The third kappa shape index (κ3) is 4.21. The van der Waals surface area contributed by atoms with Crippen molar-refractivity contribution >= 4 is 27.3 Å². The van der Waals surface area contributed by atoms with E-state index in [1.54, 1.807) is 18.4 Å². The van der Waals surface area contributed by atoms with Crippen LogP contribution in [0.15, 0.2) is 42.5 Å². The van der Waals surface area contributed by atoms with E-state index in [0.29, 0.717) is 5.92 Å². The van der Waals surface area contributed by atoms with Crippen molar-refractivity contribution < 1.29 is 14.6 Å². The second-order valence-corrected chi connectivity index (χ2v) is 8.91. The van der Waals surface area contributed by atoms with E-state index in [-0.39, 0.29) is 19.1 Å². The van der Waals surface area contributed by atoms with Crippen LogP contribution in [0.1, 0.15) is 38.7 Å². The predicted molar refractivity (Wildman–Crippen MR) is 122 cm³/mol. The summed E-state index contributed by atoms with van der Waals surface area (Å²) in [6.45, 7) is 5.04. The van der Waals surface area contributed by atoms with Crippen LogP contribution in [-0.4, -0.2) is 49.3 Å². The number of nitrogens with zero attached hydrogens (tertiary/aromatic N) is 1. The largest absolute Gasteiger partial charge is 0.496 e. The number of aliphatic hydroxyl groups excluding tert-OH is 1. The molecule has 2 heterocycles. The van der Waals surface area contributed by atoms with Crippen molar-refractivity contribution in [3.05, 3.63) is 64.0 Å². The van der Waals surface area contributed by atoms with Crippen LogP contribution in [0.25, 0.3) is 10.1 Å². The molecule has 30 heavy (non-hydrogen) atoms. The molecule has 4 rings (SSSR count). The molecule has 5 nitrogen and oxygen atoms in total. The molecular formula is C24H28N2O3S. The Bertz CT molecular complexity index is 1050. The quantitative estimate of drug-likeness (QED) is 0.603. The minimum Gasteiger partial charge on any atom is -0.496 e. The minimum absolute atomic E-state index is 0.0540. The molecule has 0 saturated carbocycles. The van der Waals surface area contributed by atoms with Crippen LogP contribution in [0.4, 0.5) is 0 Å². The Kier molecular flexibility index (Phi) is 6.37. The van der Waals surface area contributed by atoms with E-state index < -0.39 is 0 Å². The summed E-state index contributed by atoms with van der Waals surface area (Å²) < 4.78 is 6.72. The summed E-state index contributed by atoms with van der Waals surface area (Å²) in [4.78, 5) is 16.0. The van der Waals surface area contributed by atoms with Gasteiger partial charge in [0.05, 0.1) is 18.6 Å². The number of thiophene rings is 1. The Balaban J connectivity index is 1.58. The van der Waals surface area contributed by atoms with E-state index in [4.69, 9.17) is 9.84 Å². The van der Waals surface area contributed by atoms with Crippen LogP contribution < -0.4 is 10.1 Å². The van der Waals surface area contributed by atoms with Crippen molar-refractivity contribution in [1.29, 1.82) is 0 Å². The lowest BCUT2D eigenvalue weighted by Gasteiger charge is -2.19. The molecule has 2 aromatic carbocycles. The first-order chi connectivity index (χ1) is 14.6. The van der Waals surface area contributed by atoms with Crippen molar-refractivity contribution in [3.63, 3.8) is 0 Å². The van der Waals surface area contributed by atoms with Gasteiger partial charge < -0.3 is 15.2 Å². The number of amides is 1. The van der Waals surface area contributed by atoms with Crippen molar-refractivity contribution in [3.8, 4) is 5.75 Å². The normalized spacial score (nSPS) is 16.8. The summed E-state index contributed by atoms with van der Waals surface area (Å²) in [6, 6.07) is 14.6. The fourth-order valence-electron chi connectivity index (χ4n) is 4.32. The zero-order valence-electron chi connectivity index (χ0n) is 17.5. The number of ether oxygens (including phenoxy) is 1. The van der Waals surface area contributed by atoms with E-state index in [9.17, 15) is 4.79 Å². The lowest BCUT2D eigenvalue weighted by molar-refractivity contribution is 0.0947. The number of nitrogens with one attached hydrogen (secondary N) is 1. The molecule has 2 N–H and O–H groups in total. The third-order valence-corrected chi connectivity index (χ3v) is 6.94. The monoisotopic (exact) mass is 424 g/mol. The molecule has 1 atom stereocenters. The second-order valence-electron chi connectivity index (χ2n) is 7.86. The number of methoxy groups -OCH3 is 1. The molecule has 1 aliphatic heterocycles. The van der Waals surface area contributed by atoms with E-state index in [2.05, 4.69) is 47.5 Å². The fraction of sp³-hybridized carbons (Fsp3) is 0.375. The first kappa shape index (κ1) is 20.8. The highest BCUT2D eigenvalue weighted by Crippen LogP contribution is 2.40. The van der Waals surface area contributed by atoms with Crippen LogP contribution in [0.2, 0.25) is 0 Å². The molecule has 3 aromatic rings. The Morgan fingerprint density at radius 2 is 2.13 bits per heavy atom. The average molecular weight is 425 g/mol. The lowest BCUT2D eigenvalue weighted by atomic mass is 9.95. The van der Waals surface area contributed by atoms with Gasteiger partial charge in [-0.1, -0.05) is 30.3 Å². The van der Waals surface area contributed by atoms with Crippen LogP contribution in [-0.2, 0) is 6.54 Å². The number of aryl methyl sites for hydroxylation is 1. The smallest absolute Gasteiger partial charge is 0.261 e. The summed E-state index contributed by atoms with van der Waals surface area (Å²) in [5.74, 6) is 1.16. The topological polar surface area (TPSA) is 61.8 Å². The first-order valence-corrected chi connectivity index (χ1v) is 11.2. The number of likely N-dealkylation sites (tertiary alicyclic amines) is 1. The average Bonchev–Trinajstić information content (AvgIpc) is 3.37. The lowest BCUT2D eigenvalue weighted by Crippen LogP contribution is -2.27. The zero-order valence-corrected chi connectivity index (χ0v) is 18.3. The maximum absolute atomic E-state index is 12.8. The second kappa shape index (κ2) is 9.16. The molecule has 0 bridgehead atoms. The van der Waals surface area contributed by atoms with Gasteiger partial charge >= 0.3 is 0 Å². The SMILES string of the molecule is COc1cc(C)ccc1CN1CC[C@@H](c2c(C(=O)NCCO)sc3ccccc23)C1. The van der Waals surface area contributed by atoms with Crippen LogP contribution in [0.5, 0.6) is 5.75 Å². The van der Waals surface area contributed by atoms with Crippen LogP contribution in [0.3, 0.4) is 0 Å².